The molecule has 1 fully saturated rings. The highest BCUT2D eigenvalue weighted by Crippen LogP contribution is 2.19. The van der Waals surface area contributed by atoms with Gasteiger partial charge in [0.15, 0.2) is 0 Å². The molecule has 1 aliphatic heterocycles. The van der Waals surface area contributed by atoms with Crippen molar-refractivity contribution in [2.75, 3.05) is 13.1 Å². The maximum Gasteiger partial charge on any atom is 0.259 e. The Balaban J connectivity index is 1.53. The van der Waals surface area contributed by atoms with Crippen LogP contribution in [0.2, 0.25) is 0 Å². The molecule has 3 aromatic rings. The molecule has 0 aliphatic carbocycles. The molecule has 29 heavy (non-hydrogen) atoms. The maximum absolute atomic E-state index is 12.9. The van der Waals surface area contributed by atoms with Gasteiger partial charge in [-0.2, -0.15) is 5.26 Å². The number of carbonyl (C=O) groups is 1. The van der Waals surface area contributed by atoms with Crippen LogP contribution >= 0.6 is 0 Å². The number of pyridine rings is 3. The average molecular weight is 389 g/mol. The molecule has 3 aromatic heterocycles. The summed E-state index contributed by atoms with van der Waals surface area (Å²) in [5.74, 6) is 0.0277. The monoisotopic (exact) mass is 389 g/mol. The van der Waals surface area contributed by atoms with Crippen LogP contribution in [0.4, 0.5) is 0 Å². The van der Waals surface area contributed by atoms with Gasteiger partial charge in [0.05, 0.1) is 30.1 Å². The Labute approximate surface area is 167 Å². The summed E-state index contributed by atoms with van der Waals surface area (Å²) in [6.45, 7) is 5.11. The Morgan fingerprint density at radius 2 is 2.14 bits per heavy atom. The predicted molar refractivity (Wildman–Crippen MR) is 106 cm³/mol. The fraction of sp³-hybridized carbons (Fsp3) is 0.286. The summed E-state index contributed by atoms with van der Waals surface area (Å²) in [5, 5.41) is 9.38. The number of nitriles is 1. The standard InChI is InChI=1S/C21H19N5O3/c1-3-25-12-17(19(27)16-5-4-13(2)24-20(16)25)21(28)26-10-15(11-26)29-18-8-14(9-22)6-7-23-18/h4-8,12,15H,3,10-11H2,1-2H3. The molecule has 8 heteroatoms. The third-order valence-electron chi connectivity index (χ3n) is 4.92. The second-order valence-electron chi connectivity index (χ2n) is 6.93. The Morgan fingerprint density at radius 1 is 1.34 bits per heavy atom. The lowest BCUT2D eigenvalue weighted by Gasteiger charge is -2.38. The quantitative estimate of drug-likeness (QED) is 0.675. The van der Waals surface area contributed by atoms with E-state index in [1.54, 1.807) is 35.4 Å². The Morgan fingerprint density at radius 3 is 2.86 bits per heavy atom. The van der Waals surface area contributed by atoms with Gasteiger partial charge < -0.3 is 14.2 Å². The van der Waals surface area contributed by atoms with Gasteiger partial charge in [0, 0.05) is 30.7 Å². The van der Waals surface area contributed by atoms with Crippen molar-refractivity contribution < 1.29 is 9.53 Å². The fourth-order valence-corrected chi connectivity index (χ4v) is 3.32. The van der Waals surface area contributed by atoms with Crippen molar-refractivity contribution in [2.24, 2.45) is 0 Å². The number of aromatic nitrogens is 3. The zero-order valence-corrected chi connectivity index (χ0v) is 16.1. The lowest BCUT2D eigenvalue weighted by Crippen LogP contribution is -2.56. The molecule has 0 radical (unpaired) electrons. The van der Waals surface area contributed by atoms with Crippen LogP contribution < -0.4 is 10.2 Å². The van der Waals surface area contributed by atoms with Crippen molar-refractivity contribution in [3.63, 3.8) is 0 Å². The van der Waals surface area contributed by atoms with E-state index in [1.165, 1.54) is 6.20 Å². The number of ether oxygens (including phenoxy) is 1. The van der Waals surface area contributed by atoms with Crippen molar-refractivity contribution in [3.05, 3.63) is 63.7 Å². The van der Waals surface area contributed by atoms with Gasteiger partial charge in [0.2, 0.25) is 11.3 Å². The van der Waals surface area contributed by atoms with Crippen LogP contribution in [0.5, 0.6) is 5.88 Å². The Kier molecular flexibility index (Phi) is 4.72. The van der Waals surface area contributed by atoms with Crippen molar-refractivity contribution in [2.45, 2.75) is 26.5 Å². The predicted octanol–water partition coefficient (Wildman–Crippen LogP) is 1.89. The lowest BCUT2D eigenvalue weighted by atomic mass is 10.1. The minimum atomic E-state index is -0.321. The number of amides is 1. The Bertz CT molecular complexity index is 1210. The van der Waals surface area contributed by atoms with Crippen LogP contribution in [-0.4, -0.2) is 44.5 Å². The van der Waals surface area contributed by atoms with E-state index >= 15 is 0 Å². The number of hydrogen-bond acceptors (Lipinski definition) is 6. The number of rotatable bonds is 4. The van der Waals surface area contributed by atoms with Gasteiger partial charge in [-0.15, -0.1) is 0 Å². The second kappa shape index (κ2) is 7.36. The molecule has 8 nitrogen and oxygen atoms in total. The number of fused-ring (bicyclic) bond motifs is 1. The maximum atomic E-state index is 12.9. The zero-order valence-electron chi connectivity index (χ0n) is 16.1. The highest BCUT2D eigenvalue weighted by molar-refractivity contribution is 5.97. The average Bonchev–Trinajstić information content (AvgIpc) is 2.70. The molecule has 0 aromatic carbocycles. The lowest BCUT2D eigenvalue weighted by molar-refractivity contribution is 0.0158. The second-order valence-corrected chi connectivity index (χ2v) is 6.93. The van der Waals surface area contributed by atoms with Gasteiger partial charge >= 0.3 is 0 Å². The third kappa shape index (κ3) is 3.43. The van der Waals surface area contributed by atoms with E-state index in [2.05, 4.69) is 9.97 Å². The minimum Gasteiger partial charge on any atom is -0.471 e. The molecule has 0 N–H and O–H groups in total. The zero-order chi connectivity index (χ0) is 20.5. The fourth-order valence-electron chi connectivity index (χ4n) is 3.32. The molecule has 0 atom stereocenters. The molecule has 1 aliphatic rings. The van der Waals surface area contributed by atoms with Crippen molar-refractivity contribution >= 4 is 16.9 Å². The van der Waals surface area contributed by atoms with E-state index < -0.39 is 0 Å². The van der Waals surface area contributed by atoms with Gasteiger partial charge in [-0.3, -0.25) is 9.59 Å². The van der Waals surface area contributed by atoms with E-state index in [1.807, 2.05) is 24.5 Å². The first-order valence-electron chi connectivity index (χ1n) is 9.33. The summed E-state index contributed by atoms with van der Waals surface area (Å²) in [6, 6.07) is 8.68. The number of nitrogens with zero attached hydrogens (tertiary/aromatic N) is 5. The van der Waals surface area contributed by atoms with E-state index in [0.717, 1.165) is 5.69 Å². The first-order valence-corrected chi connectivity index (χ1v) is 9.33. The highest BCUT2D eigenvalue weighted by atomic mass is 16.5. The molecule has 4 heterocycles. The number of aryl methyl sites for hydroxylation is 2. The SMILES string of the molecule is CCn1cc(C(=O)N2CC(Oc3cc(C#N)ccn3)C2)c(=O)c2ccc(C)nc21. The summed E-state index contributed by atoms with van der Waals surface area (Å²) in [6.07, 6.45) is 2.87. The Hall–Kier alpha value is -3.73. The largest absolute Gasteiger partial charge is 0.471 e. The first-order chi connectivity index (χ1) is 14.0. The summed E-state index contributed by atoms with van der Waals surface area (Å²) in [4.78, 5) is 35.9. The molecule has 0 saturated carbocycles. The number of hydrogen-bond donors (Lipinski definition) is 0. The summed E-state index contributed by atoms with van der Waals surface area (Å²) in [5.41, 5.74) is 1.68. The molecule has 1 saturated heterocycles. The first kappa shape index (κ1) is 18.6. The van der Waals surface area contributed by atoms with E-state index in [9.17, 15) is 9.59 Å². The van der Waals surface area contributed by atoms with Gasteiger partial charge in [-0.1, -0.05) is 0 Å². The molecule has 4 rings (SSSR count). The summed E-state index contributed by atoms with van der Waals surface area (Å²) >= 11 is 0. The van der Waals surface area contributed by atoms with E-state index in [-0.39, 0.29) is 23.0 Å². The molecular weight excluding hydrogens is 370 g/mol. The van der Waals surface area contributed by atoms with Crippen LogP contribution in [0.1, 0.15) is 28.5 Å². The normalized spacial score (nSPS) is 13.8. The minimum absolute atomic E-state index is 0.132. The molecular formula is C21H19N5O3. The van der Waals surface area contributed by atoms with Gasteiger partial charge in [-0.05, 0) is 32.0 Å². The molecule has 146 valence electrons. The van der Waals surface area contributed by atoms with Crippen LogP contribution in [0.15, 0.2) is 41.5 Å². The summed E-state index contributed by atoms with van der Waals surface area (Å²) in [7, 11) is 0. The van der Waals surface area contributed by atoms with Gasteiger partial charge in [0.25, 0.3) is 5.91 Å². The molecule has 1 amide bonds. The van der Waals surface area contributed by atoms with E-state index in [4.69, 9.17) is 10.00 Å². The van der Waals surface area contributed by atoms with E-state index in [0.29, 0.717) is 42.1 Å². The van der Waals surface area contributed by atoms with Crippen LogP contribution in [0.3, 0.4) is 0 Å². The van der Waals surface area contributed by atoms with Crippen molar-refractivity contribution in [1.82, 2.24) is 19.4 Å². The third-order valence-corrected chi connectivity index (χ3v) is 4.92. The van der Waals surface area contributed by atoms with Crippen molar-refractivity contribution in [1.29, 1.82) is 5.26 Å². The number of carbonyl (C=O) groups excluding carboxylic acids is 1. The van der Waals surface area contributed by atoms with Gasteiger partial charge in [-0.25, -0.2) is 9.97 Å². The summed E-state index contributed by atoms with van der Waals surface area (Å²) < 4.78 is 7.54. The molecule has 0 bridgehead atoms. The van der Waals surface area contributed by atoms with Crippen molar-refractivity contribution in [3.8, 4) is 11.9 Å². The van der Waals surface area contributed by atoms with Crippen LogP contribution in [0, 0.1) is 18.3 Å². The number of likely N-dealkylation sites (tertiary alicyclic amines) is 1. The highest BCUT2D eigenvalue weighted by Gasteiger charge is 2.34. The topological polar surface area (TPSA) is 101 Å². The van der Waals surface area contributed by atoms with Crippen LogP contribution in [-0.2, 0) is 6.54 Å². The molecule has 0 unspecified atom stereocenters. The molecule has 0 spiro atoms. The van der Waals surface area contributed by atoms with Gasteiger partial charge in [0.1, 0.15) is 17.3 Å². The van der Waals surface area contributed by atoms with Crippen LogP contribution in [0.25, 0.3) is 11.0 Å². The smallest absolute Gasteiger partial charge is 0.259 e.